The van der Waals surface area contributed by atoms with Gasteiger partial charge >= 0.3 is 0 Å². The van der Waals surface area contributed by atoms with E-state index in [0.29, 0.717) is 11.8 Å². The van der Waals surface area contributed by atoms with Crippen molar-refractivity contribution in [3.63, 3.8) is 0 Å². The van der Waals surface area contributed by atoms with Gasteiger partial charge < -0.3 is 0 Å². The van der Waals surface area contributed by atoms with Crippen LogP contribution >= 0.6 is 0 Å². The van der Waals surface area contributed by atoms with Crippen molar-refractivity contribution in [2.75, 3.05) is 0 Å². The highest BCUT2D eigenvalue weighted by Gasteiger charge is 2.28. The standard InChI is InChI=1S/C26H38.C7H16.CH4/c1-8-9-10-11-22-16-21(7)26(23(17-22)14-18(2)3)25-15-20(6)12-13-24(25)19(4)5;1-3-5-7-6-4-2;/h15-17,24-25H,2,4,8-14H2,1,3,5-7H3;3-7H2,1-2H3;1H4. The van der Waals surface area contributed by atoms with Crippen LogP contribution in [0.3, 0.4) is 0 Å². The lowest BCUT2D eigenvalue weighted by Crippen LogP contribution is -2.19. The number of rotatable bonds is 12. The van der Waals surface area contributed by atoms with E-state index in [-0.39, 0.29) is 7.43 Å². The van der Waals surface area contributed by atoms with Crippen LogP contribution in [0.25, 0.3) is 0 Å². The van der Waals surface area contributed by atoms with E-state index in [0.717, 1.165) is 6.42 Å². The van der Waals surface area contributed by atoms with Gasteiger partial charge in [-0.1, -0.05) is 121 Å². The summed E-state index contributed by atoms with van der Waals surface area (Å²) in [6.45, 7) is 24.3. The Morgan fingerprint density at radius 1 is 0.882 bits per heavy atom. The Morgan fingerprint density at radius 2 is 1.47 bits per heavy atom. The van der Waals surface area contributed by atoms with Crippen LogP contribution in [0, 0.1) is 12.8 Å². The first-order valence-corrected chi connectivity index (χ1v) is 13.8. The van der Waals surface area contributed by atoms with Gasteiger partial charge in [-0.3, -0.25) is 0 Å². The molecule has 0 amide bonds. The Bertz CT molecular complexity index is 756. The van der Waals surface area contributed by atoms with Crippen molar-refractivity contribution in [1.29, 1.82) is 0 Å². The fraction of sp³-hybridized carbons (Fsp3) is 0.647. The second-order valence-corrected chi connectivity index (χ2v) is 10.7. The summed E-state index contributed by atoms with van der Waals surface area (Å²) in [7, 11) is 0. The molecular formula is C34H58. The predicted octanol–water partition coefficient (Wildman–Crippen LogP) is 11.5. The maximum atomic E-state index is 4.32. The van der Waals surface area contributed by atoms with Gasteiger partial charge in [-0.15, -0.1) is 0 Å². The summed E-state index contributed by atoms with van der Waals surface area (Å²) < 4.78 is 0. The normalized spacial score (nSPS) is 17.2. The number of aryl methyl sites for hydroxylation is 2. The first-order chi connectivity index (χ1) is 15.7. The van der Waals surface area contributed by atoms with Gasteiger partial charge in [0.2, 0.25) is 0 Å². The smallest absolute Gasteiger partial charge is 0.00914 e. The molecule has 0 aliphatic heterocycles. The molecule has 1 aliphatic rings. The fourth-order valence-electron chi connectivity index (χ4n) is 5.21. The van der Waals surface area contributed by atoms with Gasteiger partial charge in [0.1, 0.15) is 0 Å². The van der Waals surface area contributed by atoms with Gasteiger partial charge in [0.25, 0.3) is 0 Å². The van der Waals surface area contributed by atoms with Gasteiger partial charge in [0, 0.05) is 5.92 Å². The third-order valence-corrected chi connectivity index (χ3v) is 7.01. The lowest BCUT2D eigenvalue weighted by Gasteiger charge is -2.33. The highest BCUT2D eigenvalue weighted by atomic mass is 14.3. The maximum Gasteiger partial charge on any atom is 0.00914 e. The van der Waals surface area contributed by atoms with Gasteiger partial charge in [-0.2, -0.15) is 0 Å². The fourth-order valence-corrected chi connectivity index (χ4v) is 5.21. The molecule has 2 unspecified atom stereocenters. The third kappa shape index (κ3) is 11.2. The Hall–Kier alpha value is -1.56. The second kappa shape index (κ2) is 17.8. The number of allylic oxidation sites excluding steroid dienone is 4. The van der Waals surface area contributed by atoms with Crippen molar-refractivity contribution in [3.05, 3.63) is 70.3 Å². The summed E-state index contributed by atoms with van der Waals surface area (Å²) in [6, 6.07) is 4.92. The average molecular weight is 467 g/mol. The highest BCUT2D eigenvalue weighted by Crippen LogP contribution is 2.42. The zero-order valence-electron chi connectivity index (χ0n) is 23.3. The molecule has 1 aliphatic carbocycles. The number of benzene rings is 1. The number of hydrogen-bond donors (Lipinski definition) is 0. The van der Waals surface area contributed by atoms with Gasteiger partial charge in [-0.05, 0) is 88.0 Å². The zero-order chi connectivity index (χ0) is 24.8. The van der Waals surface area contributed by atoms with E-state index in [2.05, 4.69) is 79.8 Å². The predicted molar refractivity (Wildman–Crippen MR) is 158 cm³/mol. The summed E-state index contributed by atoms with van der Waals surface area (Å²) in [5.41, 5.74) is 10.1. The number of unbranched alkanes of at least 4 members (excludes halogenated alkanes) is 6. The number of hydrogen-bond acceptors (Lipinski definition) is 0. The summed E-state index contributed by atoms with van der Waals surface area (Å²) in [5, 5.41) is 0. The lowest BCUT2D eigenvalue weighted by atomic mass is 9.71. The summed E-state index contributed by atoms with van der Waals surface area (Å²) in [4.78, 5) is 0. The molecule has 0 radical (unpaired) electrons. The Kier molecular flexibility index (Phi) is 17.0. The molecule has 0 bridgehead atoms. The van der Waals surface area contributed by atoms with Crippen LogP contribution in [0.4, 0.5) is 0 Å². The molecule has 1 aromatic rings. The first kappa shape index (κ1) is 32.4. The SMILES string of the molecule is C.C=C(C)Cc1cc(CCCCC)cc(C)c1C1C=C(C)CCC1C(=C)C.CCCCCCC. The van der Waals surface area contributed by atoms with Crippen molar-refractivity contribution in [2.45, 2.75) is 139 Å². The van der Waals surface area contributed by atoms with Crippen LogP contribution in [0.2, 0.25) is 0 Å². The van der Waals surface area contributed by atoms with Crippen molar-refractivity contribution < 1.29 is 0 Å². The zero-order valence-corrected chi connectivity index (χ0v) is 23.3. The van der Waals surface area contributed by atoms with Gasteiger partial charge in [0.05, 0.1) is 0 Å². The Labute approximate surface area is 215 Å². The molecule has 0 nitrogen and oxygen atoms in total. The highest BCUT2D eigenvalue weighted by molar-refractivity contribution is 5.46. The minimum Gasteiger partial charge on any atom is -0.0998 e. The maximum absolute atomic E-state index is 4.32. The van der Waals surface area contributed by atoms with Gasteiger partial charge in [-0.25, -0.2) is 0 Å². The van der Waals surface area contributed by atoms with Crippen molar-refractivity contribution in [2.24, 2.45) is 5.92 Å². The summed E-state index contributed by atoms with van der Waals surface area (Å²) >= 11 is 0. The van der Waals surface area contributed by atoms with Crippen molar-refractivity contribution in [1.82, 2.24) is 0 Å². The molecule has 1 aromatic carbocycles. The molecule has 2 atom stereocenters. The molecule has 2 rings (SSSR count). The van der Waals surface area contributed by atoms with Gasteiger partial charge in [0.15, 0.2) is 0 Å². The largest absolute Gasteiger partial charge is 0.0998 e. The quantitative estimate of drug-likeness (QED) is 0.212. The molecule has 0 saturated carbocycles. The molecule has 0 aromatic heterocycles. The molecular weight excluding hydrogens is 408 g/mol. The van der Waals surface area contributed by atoms with Crippen LogP contribution in [0.1, 0.15) is 141 Å². The van der Waals surface area contributed by atoms with E-state index in [1.807, 2.05) is 0 Å². The molecule has 0 heterocycles. The van der Waals surface area contributed by atoms with Crippen LogP contribution in [0.5, 0.6) is 0 Å². The van der Waals surface area contributed by atoms with Crippen molar-refractivity contribution in [3.8, 4) is 0 Å². The third-order valence-electron chi connectivity index (χ3n) is 7.01. The Morgan fingerprint density at radius 3 is 2.00 bits per heavy atom. The topological polar surface area (TPSA) is 0 Å². The molecule has 0 heteroatoms. The van der Waals surface area contributed by atoms with Crippen LogP contribution in [-0.4, -0.2) is 0 Å². The molecule has 0 N–H and O–H groups in total. The lowest BCUT2D eigenvalue weighted by molar-refractivity contribution is 0.480. The first-order valence-electron chi connectivity index (χ1n) is 13.8. The van der Waals surface area contributed by atoms with E-state index in [1.54, 1.807) is 5.56 Å². The molecule has 0 spiro atoms. The minimum absolute atomic E-state index is 0. The molecule has 0 saturated heterocycles. The second-order valence-electron chi connectivity index (χ2n) is 10.7. The average Bonchev–Trinajstić information content (AvgIpc) is 2.74. The summed E-state index contributed by atoms with van der Waals surface area (Å²) in [5.74, 6) is 1.03. The molecule has 0 fully saturated rings. The minimum atomic E-state index is 0. The van der Waals surface area contributed by atoms with E-state index < -0.39 is 0 Å². The Balaban J connectivity index is 0.00000119. The van der Waals surface area contributed by atoms with E-state index in [4.69, 9.17) is 0 Å². The monoisotopic (exact) mass is 466 g/mol. The molecule has 34 heavy (non-hydrogen) atoms. The molecule has 194 valence electrons. The van der Waals surface area contributed by atoms with Crippen LogP contribution in [0.15, 0.2) is 48.1 Å². The van der Waals surface area contributed by atoms with E-state index in [9.17, 15) is 0 Å². The van der Waals surface area contributed by atoms with Crippen LogP contribution in [-0.2, 0) is 12.8 Å². The van der Waals surface area contributed by atoms with Crippen LogP contribution < -0.4 is 0 Å². The summed E-state index contributed by atoms with van der Waals surface area (Å²) in [6.07, 6.45) is 18.0. The van der Waals surface area contributed by atoms with E-state index >= 15 is 0 Å². The van der Waals surface area contributed by atoms with Crippen molar-refractivity contribution >= 4 is 0 Å². The van der Waals surface area contributed by atoms with E-state index in [1.165, 1.54) is 104 Å².